The first-order valence-electron chi connectivity index (χ1n) is 8.32. The van der Waals surface area contributed by atoms with E-state index in [1.807, 2.05) is 32.0 Å². The van der Waals surface area contributed by atoms with Gasteiger partial charge in [-0.1, -0.05) is 26.0 Å². The molecule has 0 unspecified atom stereocenters. The van der Waals surface area contributed by atoms with Gasteiger partial charge >= 0.3 is 0 Å². The molecule has 2 aromatic rings. The summed E-state index contributed by atoms with van der Waals surface area (Å²) in [7, 11) is 1.70. The SMILES string of the molecule is COc1ccccc1N1CCN(c2nc(C(C)C)cc(=O)[nH]2)CC1. The topological polar surface area (TPSA) is 61.5 Å². The molecule has 0 aliphatic carbocycles. The third-order valence-corrected chi connectivity index (χ3v) is 4.35. The van der Waals surface area contributed by atoms with Crippen LogP contribution in [0.5, 0.6) is 5.75 Å². The molecule has 24 heavy (non-hydrogen) atoms. The van der Waals surface area contributed by atoms with Gasteiger partial charge in [-0.05, 0) is 18.1 Å². The number of aromatic nitrogens is 2. The van der Waals surface area contributed by atoms with Gasteiger partial charge in [0, 0.05) is 32.2 Å². The minimum absolute atomic E-state index is 0.0872. The number of rotatable bonds is 4. The molecule has 1 saturated heterocycles. The van der Waals surface area contributed by atoms with Crippen molar-refractivity contribution in [2.45, 2.75) is 19.8 Å². The van der Waals surface area contributed by atoms with Crippen molar-refractivity contribution in [1.29, 1.82) is 0 Å². The lowest BCUT2D eigenvalue weighted by Crippen LogP contribution is -2.47. The molecule has 1 aromatic heterocycles. The Bertz CT molecular complexity index is 749. The molecule has 1 aliphatic heterocycles. The summed E-state index contributed by atoms with van der Waals surface area (Å²) in [4.78, 5) is 23.8. The Hall–Kier alpha value is -2.50. The summed E-state index contributed by atoms with van der Waals surface area (Å²) in [5.41, 5.74) is 1.86. The van der Waals surface area contributed by atoms with Gasteiger partial charge in [0.1, 0.15) is 5.75 Å². The third-order valence-electron chi connectivity index (χ3n) is 4.35. The monoisotopic (exact) mass is 328 g/mol. The fraction of sp³-hybridized carbons (Fsp3) is 0.444. The van der Waals surface area contributed by atoms with E-state index in [2.05, 4.69) is 25.8 Å². The lowest BCUT2D eigenvalue weighted by atomic mass is 10.1. The molecule has 6 nitrogen and oxygen atoms in total. The Balaban J connectivity index is 1.75. The largest absolute Gasteiger partial charge is 0.495 e. The maximum atomic E-state index is 11.9. The smallest absolute Gasteiger partial charge is 0.252 e. The van der Waals surface area contributed by atoms with Crippen LogP contribution in [0.2, 0.25) is 0 Å². The highest BCUT2D eigenvalue weighted by molar-refractivity contribution is 5.59. The van der Waals surface area contributed by atoms with Crippen LogP contribution in [-0.2, 0) is 0 Å². The van der Waals surface area contributed by atoms with Crippen molar-refractivity contribution < 1.29 is 4.74 Å². The van der Waals surface area contributed by atoms with Crippen LogP contribution in [0.3, 0.4) is 0 Å². The number of hydrogen-bond donors (Lipinski definition) is 1. The van der Waals surface area contributed by atoms with E-state index >= 15 is 0 Å². The van der Waals surface area contributed by atoms with Crippen LogP contribution < -0.4 is 20.1 Å². The quantitative estimate of drug-likeness (QED) is 0.932. The average molecular weight is 328 g/mol. The van der Waals surface area contributed by atoms with Gasteiger partial charge in [-0.15, -0.1) is 0 Å². The second kappa shape index (κ2) is 6.95. The highest BCUT2D eigenvalue weighted by atomic mass is 16.5. The van der Waals surface area contributed by atoms with Crippen LogP contribution >= 0.6 is 0 Å². The second-order valence-electron chi connectivity index (χ2n) is 6.29. The van der Waals surface area contributed by atoms with Crippen LogP contribution in [0.4, 0.5) is 11.6 Å². The van der Waals surface area contributed by atoms with Crippen molar-refractivity contribution in [3.8, 4) is 5.75 Å². The first-order chi connectivity index (χ1) is 11.6. The number of para-hydroxylation sites is 2. The fourth-order valence-corrected chi connectivity index (χ4v) is 2.96. The van der Waals surface area contributed by atoms with Crippen LogP contribution in [0, 0.1) is 0 Å². The van der Waals surface area contributed by atoms with Crippen molar-refractivity contribution in [2.75, 3.05) is 43.1 Å². The van der Waals surface area contributed by atoms with Gasteiger partial charge in [0.2, 0.25) is 5.95 Å². The first kappa shape index (κ1) is 16.4. The molecule has 0 radical (unpaired) electrons. The normalized spacial score (nSPS) is 15.0. The zero-order chi connectivity index (χ0) is 17.1. The maximum Gasteiger partial charge on any atom is 0.252 e. The van der Waals surface area contributed by atoms with Gasteiger partial charge in [0.05, 0.1) is 18.5 Å². The zero-order valence-electron chi connectivity index (χ0n) is 14.5. The fourth-order valence-electron chi connectivity index (χ4n) is 2.96. The molecule has 0 bridgehead atoms. The van der Waals surface area contributed by atoms with Crippen LogP contribution in [0.1, 0.15) is 25.5 Å². The van der Waals surface area contributed by atoms with Crippen LogP contribution in [0.15, 0.2) is 35.1 Å². The number of methoxy groups -OCH3 is 1. The molecule has 0 spiro atoms. The standard InChI is InChI=1S/C18H24N4O2/c1-13(2)14-12-17(23)20-18(19-14)22-10-8-21(9-11-22)15-6-4-5-7-16(15)24-3/h4-7,12-13H,8-11H2,1-3H3,(H,19,20,23). The van der Waals surface area contributed by atoms with Gasteiger partial charge < -0.3 is 14.5 Å². The molecular weight excluding hydrogens is 304 g/mol. The summed E-state index contributed by atoms with van der Waals surface area (Å²) in [6.07, 6.45) is 0. The summed E-state index contributed by atoms with van der Waals surface area (Å²) in [5, 5.41) is 0. The molecule has 1 N–H and O–H groups in total. The minimum Gasteiger partial charge on any atom is -0.495 e. The van der Waals surface area contributed by atoms with Gasteiger partial charge in [0.25, 0.3) is 5.56 Å². The first-order valence-corrected chi connectivity index (χ1v) is 8.32. The molecule has 0 atom stereocenters. The molecule has 1 aliphatic rings. The number of ether oxygens (including phenoxy) is 1. The van der Waals surface area contributed by atoms with E-state index < -0.39 is 0 Å². The van der Waals surface area contributed by atoms with E-state index in [0.717, 1.165) is 43.3 Å². The molecular formula is C18H24N4O2. The molecule has 2 heterocycles. The predicted octanol–water partition coefficient (Wildman–Crippen LogP) is 2.23. The molecule has 3 rings (SSSR count). The number of aromatic amines is 1. The van der Waals surface area contributed by atoms with E-state index in [4.69, 9.17) is 4.74 Å². The van der Waals surface area contributed by atoms with Gasteiger partial charge in [-0.3, -0.25) is 9.78 Å². The van der Waals surface area contributed by atoms with E-state index in [1.165, 1.54) is 0 Å². The minimum atomic E-state index is -0.0872. The predicted molar refractivity (Wildman–Crippen MR) is 96.4 cm³/mol. The molecule has 0 saturated carbocycles. The maximum absolute atomic E-state index is 11.9. The Kier molecular flexibility index (Phi) is 4.74. The summed E-state index contributed by atoms with van der Waals surface area (Å²) < 4.78 is 5.45. The summed E-state index contributed by atoms with van der Waals surface area (Å²) in [6.45, 7) is 7.42. The zero-order valence-corrected chi connectivity index (χ0v) is 14.5. The highest BCUT2D eigenvalue weighted by Gasteiger charge is 2.21. The Morgan fingerprint density at radius 3 is 2.46 bits per heavy atom. The van der Waals surface area contributed by atoms with Crippen molar-refractivity contribution in [3.05, 3.63) is 46.4 Å². The van der Waals surface area contributed by atoms with E-state index in [9.17, 15) is 4.79 Å². The lowest BCUT2D eigenvalue weighted by molar-refractivity contribution is 0.413. The molecule has 0 amide bonds. The molecule has 6 heteroatoms. The number of H-pyrrole nitrogens is 1. The molecule has 1 aromatic carbocycles. The van der Waals surface area contributed by atoms with E-state index in [0.29, 0.717) is 5.95 Å². The van der Waals surface area contributed by atoms with E-state index in [-0.39, 0.29) is 11.5 Å². The van der Waals surface area contributed by atoms with Gasteiger partial charge in [-0.2, -0.15) is 0 Å². The number of benzene rings is 1. The van der Waals surface area contributed by atoms with Crippen molar-refractivity contribution in [3.63, 3.8) is 0 Å². The average Bonchev–Trinajstić information content (AvgIpc) is 2.61. The van der Waals surface area contributed by atoms with Crippen LogP contribution in [-0.4, -0.2) is 43.3 Å². The van der Waals surface area contributed by atoms with Crippen molar-refractivity contribution in [2.24, 2.45) is 0 Å². The Labute approximate surface area is 142 Å². The van der Waals surface area contributed by atoms with Crippen LogP contribution in [0.25, 0.3) is 0 Å². The number of piperazine rings is 1. The number of nitrogens with one attached hydrogen (secondary N) is 1. The van der Waals surface area contributed by atoms with Gasteiger partial charge in [0.15, 0.2) is 0 Å². The number of nitrogens with zero attached hydrogens (tertiary/aromatic N) is 3. The number of hydrogen-bond acceptors (Lipinski definition) is 5. The molecule has 128 valence electrons. The highest BCUT2D eigenvalue weighted by Crippen LogP contribution is 2.28. The Morgan fingerprint density at radius 1 is 1.12 bits per heavy atom. The van der Waals surface area contributed by atoms with Crippen molar-refractivity contribution >= 4 is 11.6 Å². The third kappa shape index (κ3) is 3.37. The summed E-state index contributed by atoms with van der Waals surface area (Å²) >= 11 is 0. The summed E-state index contributed by atoms with van der Waals surface area (Å²) in [6, 6.07) is 9.64. The van der Waals surface area contributed by atoms with Gasteiger partial charge in [-0.25, -0.2) is 4.98 Å². The number of anilines is 2. The lowest BCUT2D eigenvalue weighted by Gasteiger charge is -2.36. The second-order valence-corrected chi connectivity index (χ2v) is 6.29. The Morgan fingerprint density at radius 2 is 1.79 bits per heavy atom. The molecule has 1 fully saturated rings. The summed E-state index contributed by atoms with van der Waals surface area (Å²) in [5.74, 6) is 1.80. The van der Waals surface area contributed by atoms with E-state index in [1.54, 1.807) is 13.2 Å². The van der Waals surface area contributed by atoms with Crippen molar-refractivity contribution in [1.82, 2.24) is 9.97 Å².